The van der Waals surface area contributed by atoms with Gasteiger partial charge in [-0.15, -0.1) is 0 Å². The van der Waals surface area contributed by atoms with Gasteiger partial charge in [0.15, 0.2) is 0 Å². The van der Waals surface area contributed by atoms with Crippen LogP contribution in [0.15, 0.2) is 18.2 Å². The fourth-order valence-corrected chi connectivity index (χ4v) is 2.36. The van der Waals surface area contributed by atoms with E-state index in [-0.39, 0.29) is 24.3 Å². The van der Waals surface area contributed by atoms with Crippen LogP contribution in [0.3, 0.4) is 0 Å². The van der Waals surface area contributed by atoms with Crippen LogP contribution in [0.5, 0.6) is 0 Å². The van der Waals surface area contributed by atoms with Gasteiger partial charge in [0.25, 0.3) is 0 Å². The Morgan fingerprint density at radius 1 is 1.14 bits per heavy atom. The second-order valence-electron chi connectivity index (χ2n) is 5.24. The average Bonchev–Trinajstić information content (AvgIpc) is 2.48. The molecule has 116 valence electrons. The molecule has 0 heterocycles. The number of anilines is 1. The van der Waals surface area contributed by atoms with E-state index < -0.39 is 0 Å². The molecule has 1 aromatic rings. The second kappa shape index (κ2) is 8.45. The number of para-hydroxylation sites is 1. The molecule has 0 aliphatic rings. The molecule has 0 radical (unpaired) electrons. The van der Waals surface area contributed by atoms with Crippen molar-refractivity contribution in [2.45, 2.75) is 47.0 Å². The first-order valence-corrected chi connectivity index (χ1v) is 7.69. The highest BCUT2D eigenvalue weighted by Crippen LogP contribution is 2.20. The molecule has 0 atom stereocenters. The first kappa shape index (κ1) is 17.2. The summed E-state index contributed by atoms with van der Waals surface area (Å²) in [5.41, 5.74) is 3.01. The normalized spacial score (nSPS) is 10.5. The van der Waals surface area contributed by atoms with Crippen molar-refractivity contribution in [3.05, 3.63) is 29.3 Å². The summed E-state index contributed by atoms with van der Waals surface area (Å²) in [6.07, 6.45) is 2.45. The molecule has 0 aliphatic carbocycles. The zero-order chi connectivity index (χ0) is 15.8. The number of aryl methyl sites for hydroxylation is 2. The number of benzene rings is 1. The maximum absolute atomic E-state index is 12.0. The van der Waals surface area contributed by atoms with E-state index in [4.69, 9.17) is 0 Å². The fraction of sp³-hybridized carbons (Fsp3) is 0.529. The van der Waals surface area contributed by atoms with Crippen LogP contribution in [0, 0.1) is 12.8 Å². The van der Waals surface area contributed by atoms with Gasteiger partial charge in [0.05, 0.1) is 6.54 Å². The number of carbonyl (C=O) groups excluding carboxylic acids is 2. The Morgan fingerprint density at radius 2 is 1.81 bits per heavy atom. The average molecular weight is 290 g/mol. The van der Waals surface area contributed by atoms with Crippen molar-refractivity contribution in [3.8, 4) is 0 Å². The van der Waals surface area contributed by atoms with Gasteiger partial charge < -0.3 is 10.6 Å². The number of nitrogens with one attached hydrogen (secondary N) is 2. The molecular formula is C17H26N2O2. The second-order valence-corrected chi connectivity index (χ2v) is 5.24. The minimum absolute atomic E-state index is 0.0116. The quantitative estimate of drug-likeness (QED) is 0.811. The minimum atomic E-state index is -0.182. The molecule has 21 heavy (non-hydrogen) atoms. The van der Waals surface area contributed by atoms with Crippen molar-refractivity contribution < 1.29 is 9.59 Å². The molecule has 4 heteroatoms. The van der Waals surface area contributed by atoms with Crippen LogP contribution >= 0.6 is 0 Å². The lowest BCUT2D eigenvalue weighted by Crippen LogP contribution is -2.36. The third-order valence-corrected chi connectivity index (χ3v) is 3.78. The van der Waals surface area contributed by atoms with Crippen molar-refractivity contribution in [1.82, 2.24) is 5.32 Å². The van der Waals surface area contributed by atoms with Gasteiger partial charge in [-0.3, -0.25) is 9.59 Å². The van der Waals surface area contributed by atoms with Crippen molar-refractivity contribution in [1.29, 1.82) is 0 Å². The molecule has 0 unspecified atom stereocenters. The molecule has 0 fully saturated rings. The molecule has 2 amide bonds. The summed E-state index contributed by atoms with van der Waals surface area (Å²) in [4.78, 5) is 23.9. The predicted octanol–water partition coefficient (Wildman–Crippen LogP) is 3.05. The Hall–Kier alpha value is -1.84. The monoisotopic (exact) mass is 290 g/mol. The van der Waals surface area contributed by atoms with Crippen molar-refractivity contribution in [3.63, 3.8) is 0 Å². The first-order valence-electron chi connectivity index (χ1n) is 7.69. The molecule has 0 aromatic heterocycles. The number of hydrogen-bond acceptors (Lipinski definition) is 2. The largest absolute Gasteiger partial charge is 0.347 e. The number of hydrogen-bond donors (Lipinski definition) is 2. The Labute approximate surface area is 127 Å². The Bertz CT molecular complexity index is 494. The predicted molar refractivity (Wildman–Crippen MR) is 86.3 cm³/mol. The van der Waals surface area contributed by atoms with E-state index in [0.717, 1.165) is 36.1 Å². The van der Waals surface area contributed by atoms with Gasteiger partial charge in [-0.25, -0.2) is 0 Å². The zero-order valence-corrected chi connectivity index (χ0v) is 13.5. The standard InChI is InChI=1S/C17H26N2O2/c1-5-13(6-2)17(21)18-11-15(20)19-16-12(4)9-8-10-14(16)7-3/h8-10,13H,5-7,11H2,1-4H3,(H,18,21)(H,19,20). The molecular weight excluding hydrogens is 264 g/mol. The molecule has 0 saturated heterocycles. The molecule has 4 nitrogen and oxygen atoms in total. The number of carbonyl (C=O) groups is 2. The molecule has 1 aromatic carbocycles. The summed E-state index contributed by atoms with van der Waals surface area (Å²) in [6, 6.07) is 5.96. The Kier molecular flexibility index (Phi) is 6.92. The highest BCUT2D eigenvalue weighted by atomic mass is 16.2. The zero-order valence-electron chi connectivity index (χ0n) is 13.5. The Balaban J connectivity index is 2.61. The van der Waals surface area contributed by atoms with E-state index >= 15 is 0 Å². The van der Waals surface area contributed by atoms with E-state index in [9.17, 15) is 9.59 Å². The summed E-state index contributed by atoms with van der Waals surface area (Å²) < 4.78 is 0. The fourth-order valence-electron chi connectivity index (χ4n) is 2.36. The third-order valence-electron chi connectivity index (χ3n) is 3.78. The van der Waals surface area contributed by atoms with Crippen molar-refractivity contribution in [2.75, 3.05) is 11.9 Å². The third kappa shape index (κ3) is 4.88. The highest BCUT2D eigenvalue weighted by Gasteiger charge is 2.15. The summed E-state index contributed by atoms with van der Waals surface area (Å²) in [7, 11) is 0. The van der Waals surface area contributed by atoms with Crippen LogP contribution in [0.25, 0.3) is 0 Å². The van der Waals surface area contributed by atoms with Gasteiger partial charge in [0, 0.05) is 11.6 Å². The first-order chi connectivity index (χ1) is 10.0. The van der Waals surface area contributed by atoms with Crippen LogP contribution in [-0.2, 0) is 16.0 Å². The van der Waals surface area contributed by atoms with Gasteiger partial charge in [0.2, 0.25) is 11.8 Å². The molecule has 0 spiro atoms. The molecule has 0 saturated carbocycles. The summed E-state index contributed by atoms with van der Waals surface area (Å²) >= 11 is 0. The minimum Gasteiger partial charge on any atom is -0.347 e. The molecule has 0 aliphatic heterocycles. The maximum atomic E-state index is 12.0. The molecule has 2 N–H and O–H groups in total. The number of rotatable bonds is 7. The maximum Gasteiger partial charge on any atom is 0.243 e. The lowest BCUT2D eigenvalue weighted by molar-refractivity contribution is -0.127. The van der Waals surface area contributed by atoms with E-state index in [1.807, 2.05) is 39.0 Å². The highest BCUT2D eigenvalue weighted by molar-refractivity contribution is 5.96. The topological polar surface area (TPSA) is 58.2 Å². The van der Waals surface area contributed by atoms with Gasteiger partial charge in [-0.05, 0) is 37.3 Å². The van der Waals surface area contributed by atoms with E-state index in [1.165, 1.54) is 0 Å². The van der Waals surface area contributed by atoms with E-state index in [1.54, 1.807) is 0 Å². The summed E-state index contributed by atoms with van der Waals surface area (Å²) in [5, 5.41) is 5.62. The van der Waals surface area contributed by atoms with Gasteiger partial charge >= 0.3 is 0 Å². The molecule has 0 bridgehead atoms. The van der Waals surface area contributed by atoms with Crippen LogP contribution in [0.1, 0.15) is 44.7 Å². The van der Waals surface area contributed by atoms with Crippen molar-refractivity contribution >= 4 is 17.5 Å². The van der Waals surface area contributed by atoms with Crippen molar-refractivity contribution in [2.24, 2.45) is 5.92 Å². The number of amides is 2. The smallest absolute Gasteiger partial charge is 0.243 e. The lowest BCUT2D eigenvalue weighted by Gasteiger charge is -2.15. The van der Waals surface area contributed by atoms with E-state index in [0.29, 0.717) is 0 Å². The van der Waals surface area contributed by atoms with Crippen LogP contribution in [0.4, 0.5) is 5.69 Å². The lowest BCUT2D eigenvalue weighted by atomic mass is 10.0. The molecule has 1 rings (SSSR count). The van der Waals surface area contributed by atoms with Gasteiger partial charge in [-0.2, -0.15) is 0 Å². The van der Waals surface area contributed by atoms with E-state index in [2.05, 4.69) is 17.6 Å². The van der Waals surface area contributed by atoms with Crippen LogP contribution in [-0.4, -0.2) is 18.4 Å². The summed E-state index contributed by atoms with van der Waals surface area (Å²) in [6.45, 7) is 8.01. The Morgan fingerprint density at radius 3 is 2.38 bits per heavy atom. The van der Waals surface area contributed by atoms with Crippen LogP contribution in [0.2, 0.25) is 0 Å². The summed E-state index contributed by atoms with van der Waals surface area (Å²) in [5.74, 6) is -0.239. The van der Waals surface area contributed by atoms with Gasteiger partial charge in [0.1, 0.15) is 0 Å². The van der Waals surface area contributed by atoms with Gasteiger partial charge in [-0.1, -0.05) is 39.0 Å². The SMILES string of the molecule is CCc1cccc(C)c1NC(=O)CNC(=O)C(CC)CC. The van der Waals surface area contributed by atoms with Crippen LogP contribution < -0.4 is 10.6 Å².